The SMILES string of the molecule is C=CCCC1CCC(C2CCC(C(C)=O)CC2)CC1. The Labute approximate surface area is 118 Å². The second kappa shape index (κ2) is 7.26. The molecule has 0 bridgehead atoms. The van der Waals surface area contributed by atoms with Crippen molar-refractivity contribution in [3.63, 3.8) is 0 Å². The number of carbonyl (C=O) groups is 1. The normalized spacial score (nSPS) is 35.8. The molecule has 0 aromatic rings. The average Bonchev–Trinajstić information content (AvgIpc) is 2.46. The van der Waals surface area contributed by atoms with Crippen LogP contribution in [0.3, 0.4) is 0 Å². The van der Waals surface area contributed by atoms with Crippen LogP contribution in [-0.4, -0.2) is 5.78 Å². The van der Waals surface area contributed by atoms with Crippen LogP contribution in [0.5, 0.6) is 0 Å². The van der Waals surface area contributed by atoms with Gasteiger partial charge in [0.25, 0.3) is 0 Å². The molecule has 0 aromatic carbocycles. The van der Waals surface area contributed by atoms with E-state index in [2.05, 4.69) is 12.7 Å². The van der Waals surface area contributed by atoms with E-state index in [1.54, 1.807) is 6.92 Å². The number of Topliss-reactive ketones (excluding diaryl/α,β-unsaturated/α-hetero) is 1. The monoisotopic (exact) mass is 262 g/mol. The topological polar surface area (TPSA) is 17.1 Å². The molecule has 2 fully saturated rings. The number of ketones is 1. The maximum atomic E-state index is 11.4. The second-order valence-electron chi connectivity index (χ2n) is 6.87. The summed E-state index contributed by atoms with van der Waals surface area (Å²) in [5.41, 5.74) is 0. The van der Waals surface area contributed by atoms with Gasteiger partial charge in [-0.2, -0.15) is 0 Å². The van der Waals surface area contributed by atoms with Crippen molar-refractivity contribution in [3.8, 4) is 0 Å². The maximum Gasteiger partial charge on any atom is 0.132 e. The summed E-state index contributed by atoms with van der Waals surface area (Å²) in [7, 11) is 0. The van der Waals surface area contributed by atoms with Gasteiger partial charge in [-0.05, 0) is 76.0 Å². The van der Waals surface area contributed by atoms with E-state index in [4.69, 9.17) is 0 Å². The van der Waals surface area contributed by atoms with Gasteiger partial charge < -0.3 is 0 Å². The Morgan fingerprint density at radius 3 is 2.00 bits per heavy atom. The van der Waals surface area contributed by atoms with E-state index in [1.807, 2.05) is 0 Å². The quantitative estimate of drug-likeness (QED) is 0.626. The molecule has 0 radical (unpaired) electrons. The molecular weight excluding hydrogens is 232 g/mol. The van der Waals surface area contributed by atoms with Gasteiger partial charge >= 0.3 is 0 Å². The molecule has 2 aliphatic carbocycles. The molecule has 0 amide bonds. The molecule has 1 heteroatoms. The van der Waals surface area contributed by atoms with Gasteiger partial charge in [0.15, 0.2) is 0 Å². The first-order chi connectivity index (χ1) is 9.20. The third kappa shape index (κ3) is 4.19. The summed E-state index contributed by atoms with van der Waals surface area (Å²) in [5, 5.41) is 0. The van der Waals surface area contributed by atoms with Crippen LogP contribution in [0, 0.1) is 23.7 Å². The molecule has 0 spiro atoms. The Morgan fingerprint density at radius 2 is 1.53 bits per heavy atom. The number of hydrogen-bond donors (Lipinski definition) is 0. The van der Waals surface area contributed by atoms with Gasteiger partial charge in [0.05, 0.1) is 0 Å². The van der Waals surface area contributed by atoms with E-state index in [0.29, 0.717) is 11.7 Å². The summed E-state index contributed by atoms with van der Waals surface area (Å²) >= 11 is 0. The van der Waals surface area contributed by atoms with Crippen molar-refractivity contribution in [3.05, 3.63) is 12.7 Å². The molecule has 0 saturated heterocycles. The molecule has 0 heterocycles. The highest BCUT2D eigenvalue weighted by atomic mass is 16.1. The third-order valence-corrected chi connectivity index (χ3v) is 5.68. The predicted molar refractivity (Wildman–Crippen MR) is 81.0 cm³/mol. The zero-order valence-electron chi connectivity index (χ0n) is 12.6. The molecule has 1 nitrogen and oxygen atoms in total. The Bertz CT molecular complexity index is 291. The van der Waals surface area contributed by atoms with E-state index in [9.17, 15) is 4.79 Å². The molecule has 2 saturated carbocycles. The summed E-state index contributed by atoms with van der Waals surface area (Å²) in [4.78, 5) is 11.4. The first kappa shape index (κ1) is 14.8. The molecule has 2 rings (SSSR count). The molecule has 19 heavy (non-hydrogen) atoms. The van der Waals surface area contributed by atoms with Crippen LogP contribution >= 0.6 is 0 Å². The smallest absolute Gasteiger partial charge is 0.132 e. The zero-order valence-corrected chi connectivity index (χ0v) is 12.6. The molecule has 2 aliphatic rings. The minimum absolute atomic E-state index is 0.389. The molecule has 0 aliphatic heterocycles. The molecule has 0 atom stereocenters. The standard InChI is InChI=1S/C18H30O/c1-3-4-5-15-6-8-17(9-7-15)18-12-10-16(11-13-18)14(2)19/h3,15-18H,1,4-13H2,2H3. The number of allylic oxidation sites excluding steroid dienone is 1. The van der Waals surface area contributed by atoms with E-state index < -0.39 is 0 Å². The van der Waals surface area contributed by atoms with Gasteiger partial charge in [0, 0.05) is 5.92 Å². The summed E-state index contributed by atoms with van der Waals surface area (Å²) in [6.45, 7) is 5.60. The van der Waals surface area contributed by atoms with Gasteiger partial charge in [-0.1, -0.05) is 18.9 Å². The fourth-order valence-corrected chi connectivity index (χ4v) is 4.30. The van der Waals surface area contributed by atoms with Crippen molar-refractivity contribution in [2.75, 3.05) is 0 Å². The highest BCUT2D eigenvalue weighted by molar-refractivity contribution is 5.78. The second-order valence-corrected chi connectivity index (χ2v) is 6.87. The lowest BCUT2D eigenvalue weighted by atomic mass is 9.68. The summed E-state index contributed by atoms with van der Waals surface area (Å²) < 4.78 is 0. The molecule has 0 unspecified atom stereocenters. The lowest BCUT2D eigenvalue weighted by Gasteiger charge is -2.37. The van der Waals surface area contributed by atoms with Gasteiger partial charge in [-0.3, -0.25) is 4.79 Å². The number of rotatable bonds is 5. The number of hydrogen-bond acceptors (Lipinski definition) is 1. The van der Waals surface area contributed by atoms with E-state index in [0.717, 1.165) is 30.6 Å². The fraction of sp³-hybridized carbons (Fsp3) is 0.833. The minimum atomic E-state index is 0.389. The average molecular weight is 262 g/mol. The van der Waals surface area contributed by atoms with Crippen LogP contribution in [0.25, 0.3) is 0 Å². The Balaban J connectivity index is 1.70. The predicted octanol–water partition coefficient (Wildman–Crippen LogP) is 5.15. The van der Waals surface area contributed by atoms with E-state index in [-0.39, 0.29) is 0 Å². The third-order valence-electron chi connectivity index (χ3n) is 5.68. The van der Waals surface area contributed by atoms with Crippen molar-refractivity contribution < 1.29 is 4.79 Å². The Morgan fingerprint density at radius 1 is 1.00 bits per heavy atom. The molecule has 0 N–H and O–H groups in total. The van der Waals surface area contributed by atoms with E-state index >= 15 is 0 Å². The highest BCUT2D eigenvalue weighted by Crippen LogP contribution is 2.42. The van der Waals surface area contributed by atoms with Gasteiger partial charge in [-0.15, -0.1) is 6.58 Å². The van der Waals surface area contributed by atoms with Crippen LogP contribution in [-0.2, 0) is 4.79 Å². The highest BCUT2D eigenvalue weighted by Gasteiger charge is 2.31. The van der Waals surface area contributed by atoms with E-state index in [1.165, 1.54) is 51.4 Å². The lowest BCUT2D eigenvalue weighted by Crippen LogP contribution is -2.27. The van der Waals surface area contributed by atoms with Crippen molar-refractivity contribution in [1.29, 1.82) is 0 Å². The fourth-order valence-electron chi connectivity index (χ4n) is 4.30. The zero-order chi connectivity index (χ0) is 13.7. The molecule has 0 aromatic heterocycles. The summed E-state index contributed by atoms with van der Waals surface area (Å²) in [6, 6.07) is 0. The van der Waals surface area contributed by atoms with Crippen LogP contribution in [0.4, 0.5) is 0 Å². The minimum Gasteiger partial charge on any atom is -0.300 e. The van der Waals surface area contributed by atoms with Crippen LogP contribution in [0.2, 0.25) is 0 Å². The first-order valence-electron chi connectivity index (χ1n) is 8.32. The van der Waals surface area contributed by atoms with Gasteiger partial charge in [-0.25, -0.2) is 0 Å². The van der Waals surface area contributed by atoms with Crippen molar-refractivity contribution >= 4 is 5.78 Å². The largest absolute Gasteiger partial charge is 0.300 e. The van der Waals surface area contributed by atoms with Crippen LogP contribution in [0.1, 0.15) is 71.1 Å². The molecular formula is C18H30O. The summed E-state index contributed by atoms with van der Waals surface area (Å²) in [5.74, 6) is 3.67. The van der Waals surface area contributed by atoms with Crippen LogP contribution < -0.4 is 0 Å². The van der Waals surface area contributed by atoms with Crippen molar-refractivity contribution in [2.45, 2.75) is 71.1 Å². The Hall–Kier alpha value is -0.590. The molecule has 108 valence electrons. The Kier molecular flexibility index (Phi) is 5.66. The van der Waals surface area contributed by atoms with Gasteiger partial charge in [0.2, 0.25) is 0 Å². The lowest BCUT2D eigenvalue weighted by molar-refractivity contribution is -0.122. The number of carbonyl (C=O) groups excluding carboxylic acids is 1. The van der Waals surface area contributed by atoms with Crippen LogP contribution in [0.15, 0.2) is 12.7 Å². The van der Waals surface area contributed by atoms with Crippen molar-refractivity contribution in [2.24, 2.45) is 23.7 Å². The van der Waals surface area contributed by atoms with Gasteiger partial charge in [0.1, 0.15) is 5.78 Å². The maximum absolute atomic E-state index is 11.4. The van der Waals surface area contributed by atoms with Crippen molar-refractivity contribution in [1.82, 2.24) is 0 Å². The first-order valence-corrected chi connectivity index (χ1v) is 8.32. The summed E-state index contributed by atoms with van der Waals surface area (Å²) in [6.07, 6.45) is 15.3.